The molecule has 0 N–H and O–H groups in total. The van der Waals surface area contributed by atoms with Gasteiger partial charge in [0.1, 0.15) is 17.5 Å². The average molecular weight is 241 g/mol. The number of nitrogens with zero attached hydrogens (tertiary/aromatic N) is 1. The van der Waals surface area contributed by atoms with E-state index in [1.807, 2.05) is 17.9 Å². The molecule has 0 saturated heterocycles. The van der Waals surface area contributed by atoms with Gasteiger partial charge in [-0.05, 0) is 19.8 Å². The van der Waals surface area contributed by atoms with Crippen molar-refractivity contribution in [2.75, 3.05) is 13.1 Å². The number of allylic oxidation sites excluding steroid dienone is 1. The Morgan fingerprint density at radius 1 is 1.18 bits per heavy atom. The van der Waals surface area contributed by atoms with Crippen LogP contribution in [0.2, 0.25) is 0 Å². The van der Waals surface area contributed by atoms with Gasteiger partial charge in [0.15, 0.2) is 0 Å². The fourth-order valence-corrected chi connectivity index (χ4v) is 2.15. The summed E-state index contributed by atoms with van der Waals surface area (Å²) in [6.07, 6.45) is 3.58. The molecule has 2 rings (SSSR count). The van der Waals surface area contributed by atoms with Crippen molar-refractivity contribution in [1.82, 2.24) is 4.90 Å². The van der Waals surface area contributed by atoms with Crippen molar-refractivity contribution in [3.05, 3.63) is 41.2 Å². The van der Waals surface area contributed by atoms with Crippen molar-refractivity contribution in [1.29, 1.82) is 0 Å². The predicted molar refractivity (Wildman–Crippen MR) is 60.8 cm³/mol. The van der Waals surface area contributed by atoms with Gasteiger partial charge in [-0.2, -0.15) is 0 Å². The first-order chi connectivity index (χ1) is 8.13. The van der Waals surface area contributed by atoms with Gasteiger partial charge < -0.3 is 4.90 Å². The normalized spacial score (nSPS) is 16.0. The van der Waals surface area contributed by atoms with E-state index in [0.29, 0.717) is 12.2 Å². The van der Waals surface area contributed by atoms with Crippen molar-refractivity contribution in [2.24, 2.45) is 0 Å². The minimum Gasteiger partial charge on any atom is -0.371 e. The van der Waals surface area contributed by atoms with Crippen LogP contribution in [-0.2, 0) is 0 Å². The molecule has 0 aromatic heterocycles. The first-order valence-corrected chi connectivity index (χ1v) is 5.73. The summed E-state index contributed by atoms with van der Waals surface area (Å²) in [5.74, 6) is -2.56. The predicted octanol–water partition coefficient (Wildman–Crippen LogP) is 3.56. The van der Waals surface area contributed by atoms with Gasteiger partial charge >= 0.3 is 0 Å². The molecule has 0 fully saturated rings. The third-order valence-corrected chi connectivity index (χ3v) is 2.96. The summed E-state index contributed by atoms with van der Waals surface area (Å²) < 4.78 is 40.2. The van der Waals surface area contributed by atoms with E-state index in [1.54, 1.807) is 0 Å². The van der Waals surface area contributed by atoms with Crippen LogP contribution >= 0.6 is 0 Å². The van der Waals surface area contributed by atoms with Crippen LogP contribution in [0.4, 0.5) is 13.2 Å². The van der Waals surface area contributed by atoms with E-state index >= 15 is 0 Å². The molecule has 1 aromatic carbocycles. The van der Waals surface area contributed by atoms with Crippen molar-refractivity contribution in [2.45, 2.75) is 19.8 Å². The van der Waals surface area contributed by atoms with Crippen LogP contribution in [0.5, 0.6) is 0 Å². The van der Waals surface area contributed by atoms with E-state index in [4.69, 9.17) is 0 Å². The van der Waals surface area contributed by atoms with Gasteiger partial charge in [0.2, 0.25) is 0 Å². The Morgan fingerprint density at radius 2 is 1.82 bits per heavy atom. The summed E-state index contributed by atoms with van der Waals surface area (Å²) in [7, 11) is 0. The molecule has 0 aliphatic carbocycles. The Morgan fingerprint density at radius 3 is 2.41 bits per heavy atom. The minimum absolute atomic E-state index is 0.118. The molecule has 1 aliphatic heterocycles. The average Bonchev–Trinajstić information content (AvgIpc) is 2.28. The summed E-state index contributed by atoms with van der Waals surface area (Å²) in [6, 6.07) is 1.45. The standard InChI is InChI=1S/C13H14F3N/c1-2-17-6-4-3-5-12(17)13-10(15)7-9(14)8-11(13)16/h5,7-8H,2-4,6H2,1H3. The fraction of sp³-hybridized carbons (Fsp3) is 0.385. The minimum atomic E-state index is -0.886. The SMILES string of the molecule is CCN1CCCC=C1c1c(F)cc(F)cc1F. The maximum Gasteiger partial charge on any atom is 0.138 e. The van der Waals surface area contributed by atoms with E-state index < -0.39 is 17.5 Å². The molecule has 1 heterocycles. The molecule has 0 saturated carbocycles. The largest absolute Gasteiger partial charge is 0.371 e. The third-order valence-electron chi connectivity index (χ3n) is 2.96. The molecule has 0 unspecified atom stereocenters. The first kappa shape index (κ1) is 12.0. The zero-order valence-corrected chi connectivity index (χ0v) is 9.64. The lowest BCUT2D eigenvalue weighted by Gasteiger charge is -2.30. The van der Waals surface area contributed by atoms with Crippen molar-refractivity contribution in [3.8, 4) is 0 Å². The number of halogens is 3. The summed E-state index contributed by atoms with van der Waals surface area (Å²) >= 11 is 0. The van der Waals surface area contributed by atoms with E-state index in [9.17, 15) is 13.2 Å². The number of benzene rings is 1. The zero-order valence-electron chi connectivity index (χ0n) is 9.64. The van der Waals surface area contributed by atoms with Crippen LogP contribution < -0.4 is 0 Å². The summed E-state index contributed by atoms with van der Waals surface area (Å²) in [5, 5.41) is 0. The summed E-state index contributed by atoms with van der Waals surface area (Å²) in [4.78, 5) is 1.91. The van der Waals surface area contributed by atoms with Crippen LogP contribution in [0.25, 0.3) is 5.70 Å². The van der Waals surface area contributed by atoms with Gasteiger partial charge in [0.25, 0.3) is 0 Å². The Balaban J connectivity index is 2.49. The second-order valence-corrected chi connectivity index (χ2v) is 4.06. The van der Waals surface area contributed by atoms with Gasteiger partial charge in [0.05, 0.1) is 5.56 Å². The molecule has 0 spiro atoms. The highest BCUT2D eigenvalue weighted by molar-refractivity contribution is 5.65. The molecule has 1 aromatic rings. The topological polar surface area (TPSA) is 3.24 Å². The van der Waals surface area contributed by atoms with E-state index in [-0.39, 0.29) is 5.56 Å². The van der Waals surface area contributed by atoms with Crippen molar-refractivity contribution < 1.29 is 13.2 Å². The maximum absolute atomic E-state index is 13.7. The number of rotatable bonds is 2. The molecule has 0 atom stereocenters. The fourth-order valence-electron chi connectivity index (χ4n) is 2.15. The van der Waals surface area contributed by atoms with E-state index in [1.165, 1.54) is 0 Å². The molecule has 4 heteroatoms. The Kier molecular flexibility index (Phi) is 3.41. The first-order valence-electron chi connectivity index (χ1n) is 5.73. The Hall–Kier alpha value is -1.45. The highest BCUT2D eigenvalue weighted by Crippen LogP contribution is 2.29. The lowest BCUT2D eigenvalue weighted by atomic mass is 10.0. The lowest BCUT2D eigenvalue weighted by Crippen LogP contribution is -2.26. The quantitative estimate of drug-likeness (QED) is 0.765. The van der Waals surface area contributed by atoms with Gasteiger partial charge in [-0.3, -0.25) is 0 Å². The summed E-state index contributed by atoms with van der Waals surface area (Å²) in [5.41, 5.74) is 0.418. The van der Waals surface area contributed by atoms with Crippen LogP contribution in [0, 0.1) is 17.5 Å². The number of hydrogen-bond acceptors (Lipinski definition) is 1. The summed E-state index contributed by atoms with van der Waals surface area (Å²) in [6.45, 7) is 3.39. The van der Waals surface area contributed by atoms with E-state index in [2.05, 4.69) is 0 Å². The molecule has 0 amide bonds. The van der Waals surface area contributed by atoms with E-state index in [0.717, 1.165) is 31.5 Å². The van der Waals surface area contributed by atoms with Gasteiger partial charge in [-0.1, -0.05) is 6.08 Å². The van der Waals surface area contributed by atoms with Crippen LogP contribution in [0.3, 0.4) is 0 Å². The van der Waals surface area contributed by atoms with Crippen molar-refractivity contribution >= 4 is 5.70 Å². The zero-order chi connectivity index (χ0) is 12.4. The van der Waals surface area contributed by atoms with Crippen LogP contribution in [-0.4, -0.2) is 18.0 Å². The smallest absolute Gasteiger partial charge is 0.138 e. The van der Waals surface area contributed by atoms with Gasteiger partial charge in [0, 0.05) is 30.9 Å². The molecule has 17 heavy (non-hydrogen) atoms. The monoisotopic (exact) mass is 241 g/mol. The second-order valence-electron chi connectivity index (χ2n) is 4.06. The molecular weight excluding hydrogens is 227 g/mol. The molecular formula is C13H14F3N. The Labute approximate surface area is 98.5 Å². The maximum atomic E-state index is 13.7. The second kappa shape index (κ2) is 4.82. The molecule has 1 nitrogen and oxygen atoms in total. The van der Waals surface area contributed by atoms with Crippen molar-refractivity contribution in [3.63, 3.8) is 0 Å². The Bertz CT molecular complexity index is 431. The molecule has 1 aliphatic rings. The molecule has 0 radical (unpaired) electrons. The molecule has 0 bridgehead atoms. The third kappa shape index (κ3) is 2.30. The highest BCUT2D eigenvalue weighted by atomic mass is 19.1. The molecule has 92 valence electrons. The number of hydrogen-bond donors (Lipinski definition) is 0. The highest BCUT2D eigenvalue weighted by Gasteiger charge is 2.21. The van der Waals surface area contributed by atoms with Crippen LogP contribution in [0.15, 0.2) is 18.2 Å². The van der Waals surface area contributed by atoms with Gasteiger partial charge in [-0.25, -0.2) is 13.2 Å². The van der Waals surface area contributed by atoms with Crippen LogP contribution in [0.1, 0.15) is 25.3 Å². The lowest BCUT2D eigenvalue weighted by molar-refractivity contribution is 0.389. The van der Waals surface area contributed by atoms with Gasteiger partial charge in [-0.15, -0.1) is 0 Å².